The lowest BCUT2D eigenvalue weighted by atomic mass is 10.1. The summed E-state index contributed by atoms with van der Waals surface area (Å²) >= 11 is 0. The van der Waals surface area contributed by atoms with Crippen LogP contribution in [-0.4, -0.2) is 56.8 Å². The molecule has 0 aromatic heterocycles. The van der Waals surface area contributed by atoms with E-state index in [2.05, 4.69) is 19.1 Å². The summed E-state index contributed by atoms with van der Waals surface area (Å²) in [6.45, 7) is 4.18. The monoisotopic (exact) mass is 441 g/mol. The summed E-state index contributed by atoms with van der Waals surface area (Å²) in [6.07, 6.45) is 3.61. The molecule has 2 aromatic rings. The van der Waals surface area contributed by atoms with Crippen LogP contribution in [0.3, 0.4) is 0 Å². The molecule has 0 bridgehead atoms. The van der Waals surface area contributed by atoms with Crippen molar-refractivity contribution in [2.45, 2.75) is 43.5 Å². The molecule has 0 spiro atoms. The normalized spacial score (nSPS) is 18.2. The third-order valence-electron chi connectivity index (χ3n) is 6.53. The Morgan fingerprint density at radius 3 is 2.45 bits per heavy atom. The Labute approximate surface area is 185 Å². The van der Waals surface area contributed by atoms with E-state index in [1.807, 2.05) is 30.1 Å². The highest BCUT2D eigenvalue weighted by Gasteiger charge is 2.30. The highest BCUT2D eigenvalue weighted by atomic mass is 32.2. The minimum Gasteiger partial charge on any atom is -0.311 e. The van der Waals surface area contributed by atoms with E-state index < -0.39 is 10.0 Å². The molecular weight excluding hydrogens is 410 g/mol. The van der Waals surface area contributed by atoms with Crippen molar-refractivity contribution in [3.05, 3.63) is 59.7 Å². The average molecular weight is 442 g/mol. The zero-order chi connectivity index (χ0) is 22.0. The number of hydrogen-bond acceptors (Lipinski definition) is 4. The molecule has 7 heteroatoms. The predicted octanol–water partition coefficient (Wildman–Crippen LogP) is 3.44. The van der Waals surface area contributed by atoms with Crippen molar-refractivity contribution in [2.75, 3.05) is 38.1 Å². The fraction of sp³-hybridized carbons (Fsp3) is 0.458. The molecule has 1 unspecified atom stereocenters. The molecule has 0 aliphatic carbocycles. The quantitative estimate of drug-likeness (QED) is 0.689. The largest absolute Gasteiger partial charge is 0.311 e. The first-order chi connectivity index (χ1) is 14.9. The van der Waals surface area contributed by atoms with Crippen molar-refractivity contribution in [3.8, 4) is 0 Å². The standard InChI is InChI=1S/C24H31N3O3S/c1-19(20-9-5-3-6-10-20)25(2)18-24(28)27-16-13-21-17-22(11-12-23(21)27)31(29,30)26-14-7-4-8-15-26/h3,5-6,9-12,17,19H,4,7-8,13-16,18H2,1-2H3. The topological polar surface area (TPSA) is 60.9 Å². The van der Waals surface area contributed by atoms with Gasteiger partial charge in [-0.3, -0.25) is 9.69 Å². The molecular formula is C24H31N3O3S. The summed E-state index contributed by atoms with van der Waals surface area (Å²) < 4.78 is 27.6. The number of carbonyl (C=O) groups is 1. The lowest BCUT2D eigenvalue weighted by molar-refractivity contribution is -0.119. The summed E-state index contributed by atoms with van der Waals surface area (Å²) in [6, 6.07) is 15.5. The Morgan fingerprint density at radius 1 is 1.03 bits per heavy atom. The van der Waals surface area contributed by atoms with E-state index in [-0.39, 0.29) is 11.9 Å². The molecule has 1 amide bonds. The molecule has 166 valence electrons. The van der Waals surface area contributed by atoms with Crippen LogP contribution in [0.5, 0.6) is 0 Å². The van der Waals surface area contributed by atoms with Crippen LogP contribution >= 0.6 is 0 Å². The molecule has 2 heterocycles. The fourth-order valence-electron chi connectivity index (χ4n) is 4.47. The minimum absolute atomic E-state index is 0.0377. The van der Waals surface area contributed by atoms with Gasteiger partial charge in [0.05, 0.1) is 11.4 Å². The Hall–Kier alpha value is -2.22. The SMILES string of the molecule is CC(c1ccccc1)N(C)CC(=O)N1CCc2cc(S(=O)(=O)N3CCCCC3)ccc21. The van der Waals surface area contributed by atoms with Gasteiger partial charge in [-0.1, -0.05) is 36.8 Å². The number of sulfonamides is 1. The van der Waals surface area contributed by atoms with Crippen LogP contribution < -0.4 is 4.90 Å². The van der Waals surface area contributed by atoms with Gasteiger partial charge in [0.25, 0.3) is 0 Å². The van der Waals surface area contributed by atoms with E-state index in [1.54, 1.807) is 27.4 Å². The van der Waals surface area contributed by atoms with Gasteiger partial charge in [-0.25, -0.2) is 8.42 Å². The van der Waals surface area contributed by atoms with E-state index in [1.165, 1.54) is 5.56 Å². The molecule has 1 fully saturated rings. The number of amides is 1. The van der Waals surface area contributed by atoms with Crippen LogP contribution in [-0.2, 0) is 21.2 Å². The Balaban J connectivity index is 1.47. The van der Waals surface area contributed by atoms with Crippen LogP contribution in [0.4, 0.5) is 5.69 Å². The summed E-state index contributed by atoms with van der Waals surface area (Å²) in [5.41, 5.74) is 2.95. The molecule has 31 heavy (non-hydrogen) atoms. The molecule has 2 aliphatic heterocycles. The number of piperidine rings is 1. The highest BCUT2D eigenvalue weighted by Crippen LogP contribution is 2.32. The maximum absolute atomic E-state index is 13.0. The van der Waals surface area contributed by atoms with E-state index >= 15 is 0 Å². The molecule has 2 aromatic carbocycles. The second-order valence-electron chi connectivity index (χ2n) is 8.55. The van der Waals surface area contributed by atoms with Gasteiger partial charge in [0, 0.05) is 31.4 Å². The van der Waals surface area contributed by atoms with E-state index in [4.69, 9.17) is 0 Å². The summed E-state index contributed by atoms with van der Waals surface area (Å²) in [5.74, 6) is 0.0377. The van der Waals surface area contributed by atoms with E-state index in [0.717, 1.165) is 30.5 Å². The first-order valence-electron chi connectivity index (χ1n) is 11.1. The Bertz CT molecular complexity index is 1030. The van der Waals surface area contributed by atoms with Crippen LogP contribution in [0, 0.1) is 0 Å². The number of benzene rings is 2. The van der Waals surface area contributed by atoms with Gasteiger partial charge in [-0.2, -0.15) is 4.31 Å². The molecule has 1 saturated heterocycles. The van der Waals surface area contributed by atoms with Crippen molar-refractivity contribution in [3.63, 3.8) is 0 Å². The average Bonchev–Trinajstić information content (AvgIpc) is 3.23. The zero-order valence-electron chi connectivity index (χ0n) is 18.3. The number of rotatable bonds is 6. The van der Waals surface area contributed by atoms with Gasteiger partial charge in [0.2, 0.25) is 15.9 Å². The lowest BCUT2D eigenvalue weighted by Crippen LogP contribution is -2.39. The third kappa shape index (κ3) is 4.54. The number of nitrogens with zero attached hydrogens (tertiary/aromatic N) is 3. The molecule has 1 atom stereocenters. The molecule has 0 radical (unpaired) electrons. The van der Waals surface area contributed by atoms with E-state index in [0.29, 0.717) is 37.5 Å². The number of likely N-dealkylation sites (N-methyl/N-ethyl adjacent to an activating group) is 1. The number of fused-ring (bicyclic) bond motifs is 1. The summed E-state index contributed by atoms with van der Waals surface area (Å²) in [4.78, 5) is 17.2. The maximum atomic E-state index is 13.0. The second kappa shape index (κ2) is 9.10. The second-order valence-corrected chi connectivity index (χ2v) is 10.5. The van der Waals surface area contributed by atoms with Crippen LogP contribution in [0.1, 0.15) is 43.4 Å². The zero-order valence-corrected chi connectivity index (χ0v) is 19.1. The van der Waals surface area contributed by atoms with Gasteiger partial charge in [0.15, 0.2) is 0 Å². The van der Waals surface area contributed by atoms with Gasteiger partial charge >= 0.3 is 0 Å². The molecule has 0 saturated carbocycles. The number of hydrogen-bond donors (Lipinski definition) is 0. The lowest BCUT2D eigenvalue weighted by Gasteiger charge is -2.27. The Morgan fingerprint density at radius 2 is 1.74 bits per heavy atom. The first-order valence-corrected chi connectivity index (χ1v) is 12.5. The van der Waals surface area contributed by atoms with Crippen molar-refractivity contribution >= 4 is 21.6 Å². The van der Waals surface area contributed by atoms with Crippen molar-refractivity contribution in [2.24, 2.45) is 0 Å². The van der Waals surface area contributed by atoms with Gasteiger partial charge in [-0.05, 0) is 62.6 Å². The van der Waals surface area contributed by atoms with Crippen LogP contribution in [0.15, 0.2) is 53.4 Å². The van der Waals surface area contributed by atoms with Crippen molar-refractivity contribution < 1.29 is 13.2 Å². The first kappa shape index (κ1) is 22.0. The van der Waals surface area contributed by atoms with Crippen LogP contribution in [0.25, 0.3) is 0 Å². The summed E-state index contributed by atoms with van der Waals surface area (Å²) in [5, 5.41) is 0. The van der Waals surface area contributed by atoms with Crippen molar-refractivity contribution in [1.82, 2.24) is 9.21 Å². The smallest absolute Gasteiger partial charge is 0.243 e. The summed E-state index contributed by atoms with van der Waals surface area (Å²) in [7, 11) is -1.50. The van der Waals surface area contributed by atoms with Gasteiger partial charge in [0.1, 0.15) is 0 Å². The molecule has 4 rings (SSSR count). The molecule has 0 N–H and O–H groups in total. The van der Waals surface area contributed by atoms with Crippen molar-refractivity contribution in [1.29, 1.82) is 0 Å². The molecule has 6 nitrogen and oxygen atoms in total. The maximum Gasteiger partial charge on any atom is 0.243 e. The van der Waals surface area contributed by atoms with E-state index in [9.17, 15) is 13.2 Å². The van der Waals surface area contributed by atoms with Gasteiger partial charge in [-0.15, -0.1) is 0 Å². The number of anilines is 1. The fourth-order valence-corrected chi connectivity index (χ4v) is 6.04. The minimum atomic E-state index is -3.46. The Kier molecular flexibility index (Phi) is 6.46. The van der Waals surface area contributed by atoms with Gasteiger partial charge < -0.3 is 4.90 Å². The number of carbonyl (C=O) groups excluding carboxylic acids is 1. The van der Waals surface area contributed by atoms with Crippen LogP contribution in [0.2, 0.25) is 0 Å². The molecule has 2 aliphatic rings. The third-order valence-corrected chi connectivity index (χ3v) is 8.42. The highest BCUT2D eigenvalue weighted by molar-refractivity contribution is 7.89. The predicted molar refractivity (Wildman–Crippen MR) is 123 cm³/mol.